The van der Waals surface area contributed by atoms with Crippen LogP contribution in [0.25, 0.3) is 0 Å². The van der Waals surface area contributed by atoms with Gasteiger partial charge in [-0.1, -0.05) is 0 Å². The summed E-state index contributed by atoms with van der Waals surface area (Å²) in [7, 11) is 4.54. The third-order valence-corrected chi connectivity index (χ3v) is 5.43. The van der Waals surface area contributed by atoms with E-state index in [9.17, 15) is 14.4 Å². The van der Waals surface area contributed by atoms with Crippen LogP contribution in [0.5, 0.6) is 17.2 Å². The summed E-state index contributed by atoms with van der Waals surface area (Å²) in [6, 6.07) is 2.03. The van der Waals surface area contributed by atoms with E-state index in [1.165, 1.54) is 28.3 Å². The van der Waals surface area contributed by atoms with Crippen LogP contribution < -0.4 is 25.3 Å². The Morgan fingerprint density at radius 3 is 2.17 bits per heavy atom. The Bertz CT molecular complexity index is 772. The maximum Gasteiger partial charge on any atom is 0.243 e. The molecule has 3 N–H and O–H groups in total. The van der Waals surface area contributed by atoms with Crippen molar-refractivity contribution < 1.29 is 28.6 Å². The van der Waals surface area contributed by atoms with Gasteiger partial charge in [-0.2, -0.15) is 0 Å². The van der Waals surface area contributed by atoms with E-state index in [0.29, 0.717) is 35.8 Å². The van der Waals surface area contributed by atoms with Gasteiger partial charge in [0.2, 0.25) is 23.5 Å². The molecule has 0 saturated carbocycles. The van der Waals surface area contributed by atoms with Gasteiger partial charge in [-0.3, -0.25) is 14.4 Å². The first-order chi connectivity index (χ1) is 14.2. The van der Waals surface area contributed by atoms with Gasteiger partial charge < -0.3 is 30.2 Å². The molecule has 9 nitrogen and oxygen atoms in total. The summed E-state index contributed by atoms with van der Waals surface area (Å²) < 4.78 is 16.1. The second-order valence-corrected chi connectivity index (χ2v) is 7.36. The molecular weight excluding hydrogens is 390 g/mol. The number of primary amides is 1. The van der Waals surface area contributed by atoms with Crippen molar-refractivity contribution in [2.45, 2.75) is 51.1 Å². The molecule has 1 saturated heterocycles. The molecule has 30 heavy (non-hydrogen) atoms. The minimum atomic E-state index is -0.802. The quantitative estimate of drug-likeness (QED) is 0.650. The third-order valence-electron chi connectivity index (χ3n) is 5.43. The van der Waals surface area contributed by atoms with Gasteiger partial charge in [0.05, 0.1) is 27.2 Å². The summed E-state index contributed by atoms with van der Waals surface area (Å²) in [5, 5.41) is 2.60. The van der Waals surface area contributed by atoms with Gasteiger partial charge in [0, 0.05) is 6.54 Å². The van der Waals surface area contributed by atoms with Crippen molar-refractivity contribution in [1.82, 2.24) is 10.2 Å². The number of hydrogen-bond acceptors (Lipinski definition) is 6. The SMILES string of the molecule is COc1cc([C@H](C)C(=O)N2CCCC[C@H]2C(=O)N[C@H](C)C(N)=O)cc(OC)c1OC. The van der Waals surface area contributed by atoms with E-state index in [0.717, 1.165) is 12.8 Å². The summed E-state index contributed by atoms with van der Waals surface area (Å²) in [5.41, 5.74) is 5.93. The van der Waals surface area contributed by atoms with E-state index in [4.69, 9.17) is 19.9 Å². The first kappa shape index (κ1) is 23.3. The van der Waals surface area contributed by atoms with Crippen LogP contribution >= 0.6 is 0 Å². The van der Waals surface area contributed by atoms with Gasteiger partial charge >= 0.3 is 0 Å². The summed E-state index contributed by atoms with van der Waals surface area (Å²) in [6.07, 6.45) is 2.17. The fraction of sp³-hybridized carbons (Fsp3) is 0.571. The first-order valence-corrected chi connectivity index (χ1v) is 9.95. The average molecular weight is 421 g/mol. The second kappa shape index (κ2) is 10.2. The van der Waals surface area contributed by atoms with E-state index in [1.54, 1.807) is 24.0 Å². The molecule has 0 aliphatic carbocycles. The first-order valence-electron chi connectivity index (χ1n) is 9.95. The lowest BCUT2D eigenvalue weighted by molar-refractivity contribution is -0.143. The van der Waals surface area contributed by atoms with Crippen molar-refractivity contribution in [3.05, 3.63) is 17.7 Å². The van der Waals surface area contributed by atoms with Crippen LogP contribution in [0.1, 0.15) is 44.6 Å². The number of hydrogen-bond donors (Lipinski definition) is 2. The van der Waals surface area contributed by atoms with Gasteiger partial charge in [-0.15, -0.1) is 0 Å². The molecule has 1 fully saturated rings. The van der Waals surface area contributed by atoms with Crippen LogP contribution in [-0.4, -0.2) is 62.6 Å². The minimum Gasteiger partial charge on any atom is -0.493 e. The predicted molar refractivity (Wildman–Crippen MR) is 111 cm³/mol. The highest BCUT2D eigenvalue weighted by Crippen LogP contribution is 2.40. The molecule has 3 amide bonds. The number of nitrogens with zero attached hydrogens (tertiary/aromatic N) is 1. The largest absolute Gasteiger partial charge is 0.493 e. The van der Waals surface area contributed by atoms with E-state index < -0.39 is 23.9 Å². The maximum absolute atomic E-state index is 13.3. The molecule has 0 spiro atoms. The zero-order chi connectivity index (χ0) is 22.4. The molecule has 0 aromatic heterocycles. The second-order valence-electron chi connectivity index (χ2n) is 7.36. The van der Waals surface area contributed by atoms with Crippen LogP contribution in [0, 0.1) is 0 Å². The molecule has 1 aromatic rings. The Kier molecular flexibility index (Phi) is 7.91. The fourth-order valence-electron chi connectivity index (χ4n) is 3.59. The predicted octanol–water partition coefficient (Wildman–Crippen LogP) is 1.19. The molecular formula is C21H31N3O6. The smallest absolute Gasteiger partial charge is 0.243 e. The monoisotopic (exact) mass is 421 g/mol. The van der Waals surface area contributed by atoms with Gasteiger partial charge in [0.25, 0.3) is 0 Å². The Balaban J connectivity index is 2.28. The molecule has 2 rings (SSSR count). The lowest BCUT2D eigenvalue weighted by Crippen LogP contribution is -2.55. The zero-order valence-electron chi connectivity index (χ0n) is 18.2. The molecule has 0 unspecified atom stereocenters. The van der Waals surface area contributed by atoms with Crippen LogP contribution in [-0.2, 0) is 14.4 Å². The number of methoxy groups -OCH3 is 3. The van der Waals surface area contributed by atoms with Crippen molar-refractivity contribution >= 4 is 17.7 Å². The number of benzene rings is 1. The zero-order valence-corrected chi connectivity index (χ0v) is 18.2. The Hall–Kier alpha value is -2.97. The van der Waals surface area contributed by atoms with Crippen molar-refractivity contribution in [2.75, 3.05) is 27.9 Å². The summed E-state index contributed by atoms with van der Waals surface area (Å²) in [6.45, 7) is 3.77. The molecule has 1 heterocycles. The number of nitrogens with one attached hydrogen (secondary N) is 1. The highest BCUT2D eigenvalue weighted by molar-refractivity contribution is 5.93. The van der Waals surface area contributed by atoms with Crippen molar-refractivity contribution in [1.29, 1.82) is 0 Å². The number of rotatable bonds is 8. The lowest BCUT2D eigenvalue weighted by Gasteiger charge is -2.36. The topological polar surface area (TPSA) is 120 Å². The van der Waals surface area contributed by atoms with E-state index in [2.05, 4.69) is 5.32 Å². The number of amides is 3. The number of piperidine rings is 1. The van der Waals surface area contributed by atoms with Gasteiger partial charge in [-0.25, -0.2) is 0 Å². The highest BCUT2D eigenvalue weighted by atomic mass is 16.5. The van der Waals surface area contributed by atoms with Gasteiger partial charge in [-0.05, 0) is 50.8 Å². The average Bonchev–Trinajstić information content (AvgIpc) is 2.76. The Labute approximate surface area is 176 Å². The van der Waals surface area contributed by atoms with Crippen LogP contribution in [0.15, 0.2) is 12.1 Å². The van der Waals surface area contributed by atoms with Crippen LogP contribution in [0.4, 0.5) is 0 Å². The maximum atomic E-state index is 13.3. The normalized spacial score (nSPS) is 18.2. The lowest BCUT2D eigenvalue weighted by atomic mass is 9.94. The molecule has 166 valence electrons. The molecule has 1 aliphatic heterocycles. The van der Waals surface area contributed by atoms with Gasteiger partial charge in [0.1, 0.15) is 12.1 Å². The molecule has 1 aliphatic rings. The number of ether oxygens (including phenoxy) is 3. The van der Waals surface area contributed by atoms with E-state index in [-0.39, 0.29) is 11.8 Å². The number of nitrogens with two attached hydrogens (primary N) is 1. The van der Waals surface area contributed by atoms with E-state index in [1.807, 2.05) is 0 Å². The molecule has 3 atom stereocenters. The standard InChI is InChI=1S/C21H31N3O6/c1-12(14-10-16(28-3)18(30-5)17(11-14)29-4)21(27)24-9-7-6-8-15(24)20(26)23-13(2)19(22)25/h10-13,15H,6-9H2,1-5H3,(H2,22,25)(H,23,26)/t12-,13+,15-/m0/s1. The van der Waals surface area contributed by atoms with E-state index >= 15 is 0 Å². The Morgan fingerprint density at radius 2 is 1.67 bits per heavy atom. The van der Waals surface area contributed by atoms with Crippen LogP contribution in [0.3, 0.4) is 0 Å². The fourth-order valence-corrected chi connectivity index (χ4v) is 3.59. The summed E-state index contributed by atoms with van der Waals surface area (Å²) in [4.78, 5) is 38.9. The van der Waals surface area contributed by atoms with Crippen molar-refractivity contribution in [3.8, 4) is 17.2 Å². The number of likely N-dealkylation sites (tertiary alicyclic amines) is 1. The summed E-state index contributed by atoms with van der Waals surface area (Å²) >= 11 is 0. The Morgan fingerprint density at radius 1 is 1.07 bits per heavy atom. The van der Waals surface area contributed by atoms with Crippen molar-refractivity contribution in [3.63, 3.8) is 0 Å². The minimum absolute atomic E-state index is 0.184. The molecule has 9 heteroatoms. The van der Waals surface area contributed by atoms with Gasteiger partial charge in [0.15, 0.2) is 11.5 Å². The third kappa shape index (κ3) is 4.95. The van der Waals surface area contributed by atoms with Crippen LogP contribution in [0.2, 0.25) is 0 Å². The number of carbonyl (C=O) groups excluding carboxylic acids is 3. The summed E-state index contributed by atoms with van der Waals surface area (Å²) in [5.74, 6) is -0.366. The van der Waals surface area contributed by atoms with Crippen molar-refractivity contribution in [2.24, 2.45) is 5.73 Å². The molecule has 0 bridgehead atoms. The highest BCUT2D eigenvalue weighted by Gasteiger charge is 2.35. The molecule has 1 aromatic carbocycles. The number of carbonyl (C=O) groups is 3. The molecule has 0 radical (unpaired) electrons.